The van der Waals surface area contributed by atoms with E-state index in [4.69, 9.17) is 26.1 Å². The average molecular weight is 592 g/mol. The van der Waals surface area contributed by atoms with Crippen molar-refractivity contribution in [1.29, 1.82) is 0 Å². The SMILES string of the molecule is CN1CCCC2(COc3nc(N4CCCOCC4)c4cnc(-c5cc(O)cc6cccc(Cl)c56)c(F)c4n3)CCC[C@@H]12. The Morgan fingerprint density at radius 1 is 1.12 bits per heavy atom. The second-order valence-corrected chi connectivity index (χ2v) is 12.3. The maximum Gasteiger partial charge on any atom is 0.319 e. The Hall–Kier alpha value is -3.27. The minimum atomic E-state index is -0.604. The maximum atomic E-state index is 16.6. The van der Waals surface area contributed by atoms with E-state index in [0.29, 0.717) is 65.0 Å². The van der Waals surface area contributed by atoms with Crippen molar-refractivity contribution >= 4 is 39.1 Å². The molecule has 2 aromatic heterocycles. The first-order valence-electron chi connectivity index (χ1n) is 14.9. The molecule has 0 amide bonds. The van der Waals surface area contributed by atoms with Crippen LogP contribution in [0.15, 0.2) is 36.5 Å². The molecule has 2 aliphatic heterocycles. The maximum absolute atomic E-state index is 16.6. The first-order valence-corrected chi connectivity index (χ1v) is 15.2. The highest BCUT2D eigenvalue weighted by molar-refractivity contribution is 6.36. The lowest BCUT2D eigenvalue weighted by Crippen LogP contribution is -2.50. The summed E-state index contributed by atoms with van der Waals surface area (Å²) in [4.78, 5) is 18.7. The lowest BCUT2D eigenvalue weighted by molar-refractivity contribution is 0.0133. The van der Waals surface area contributed by atoms with Crippen molar-refractivity contribution in [2.45, 2.75) is 44.6 Å². The van der Waals surface area contributed by atoms with Gasteiger partial charge in [-0.2, -0.15) is 9.97 Å². The molecule has 10 heteroatoms. The van der Waals surface area contributed by atoms with E-state index in [0.717, 1.165) is 38.8 Å². The minimum Gasteiger partial charge on any atom is -0.508 e. The number of phenols is 1. The number of nitrogens with zero attached hydrogens (tertiary/aromatic N) is 5. The van der Waals surface area contributed by atoms with Gasteiger partial charge in [0.2, 0.25) is 0 Å². The molecule has 4 aromatic rings. The predicted octanol–water partition coefficient (Wildman–Crippen LogP) is 6.21. The molecule has 1 unspecified atom stereocenters. The Labute approximate surface area is 249 Å². The lowest BCUT2D eigenvalue weighted by Gasteiger charge is -2.44. The van der Waals surface area contributed by atoms with Crippen molar-refractivity contribution in [3.05, 3.63) is 47.4 Å². The number of aromatic nitrogens is 3. The number of likely N-dealkylation sites (tertiary alicyclic amines) is 1. The van der Waals surface area contributed by atoms with Crippen LogP contribution in [0.4, 0.5) is 10.2 Å². The Bertz CT molecular complexity index is 1650. The summed E-state index contributed by atoms with van der Waals surface area (Å²) in [7, 11) is 2.21. The van der Waals surface area contributed by atoms with Crippen molar-refractivity contribution in [1.82, 2.24) is 19.9 Å². The van der Waals surface area contributed by atoms with Gasteiger partial charge in [0.25, 0.3) is 0 Å². The van der Waals surface area contributed by atoms with Crippen LogP contribution in [-0.4, -0.2) is 77.5 Å². The second-order valence-electron chi connectivity index (χ2n) is 11.9. The average Bonchev–Trinajstić information content (AvgIpc) is 3.24. The molecular weight excluding hydrogens is 557 g/mol. The number of piperidine rings is 1. The number of hydrogen-bond donors (Lipinski definition) is 1. The van der Waals surface area contributed by atoms with Crippen molar-refractivity contribution in [2.24, 2.45) is 5.41 Å². The largest absolute Gasteiger partial charge is 0.508 e. The molecule has 0 radical (unpaired) electrons. The third kappa shape index (κ3) is 4.81. The van der Waals surface area contributed by atoms with Crippen LogP contribution in [0.1, 0.15) is 38.5 Å². The van der Waals surface area contributed by atoms with E-state index in [-0.39, 0.29) is 28.4 Å². The molecule has 2 saturated heterocycles. The zero-order valence-corrected chi connectivity index (χ0v) is 24.5. The Kier molecular flexibility index (Phi) is 7.28. The molecule has 0 bridgehead atoms. The van der Waals surface area contributed by atoms with Gasteiger partial charge in [0.15, 0.2) is 5.82 Å². The summed E-state index contributed by atoms with van der Waals surface area (Å²) >= 11 is 6.57. The van der Waals surface area contributed by atoms with Crippen LogP contribution in [0.25, 0.3) is 32.9 Å². The fourth-order valence-electron chi connectivity index (χ4n) is 7.41. The molecule has 1 aliphatic carbocycles. The van der Waals surface area contributed by atoms with Crippen molar-refractivity contribution in [3.8, 4) is 23.0 Å². The highest BCUT2D eigenvalue weighted by Crippen LogP contribution is 2.47. The van der Waals surface area contributed by atoms with Crippen molar-refractivity contribution in [3.63, 3.8) is 0 Å². The highest BCUT2D eigenvalue weighted by Gasteiger charge is 2.47. The molecule has 42 heavy (non-hydrogen) atoms. The van der Waals surface area contributed by atoms with Crippen LogP contribution in [0.5, 0.6) is 11.8 Å². The third-order valence-corrected chi connectivity index (χ3v) is 9.71. The number of fused-ring (bicyclic) bond motifs is 3. The normalized spacial score (nSPS) is 23.3. The number of phenolic OH excluding ortho intramolecular Hbond substituents is 1. The van der Waals surface area contributed by atoms with Gasteiger partial charge in [-0.1, -0.05) is 30.2 Å². The molecule has 1 saturated carbocycles. The van der Waals surface area contributed by atoms with Crippen LogP contribution >= 0.6 is 11.6 Å². The molecule has 2 atom stereocenters. The minimum absolute atomic E-state index is 0.000790. The second kappa shape index (κ2) is 11.1. The van der Waals surface area contributed by atoms with Gasteiger partial charge in [0, 0.05) is 53.3 Å². The van der Waals surface area contributed by atoms with Crippen LogP contribution in [-0.2, 0) is 4.74 Å². The van der Waals surface area contributed by atoms with Gasteiger partial charge in [-0.25, -0.2) is 4.39 Å². The van der Waals surface area contributed by atoms with Gasteiger partial charge in [-0.05, 0) is 69.3 Å². The van der Waals surface area contributed by atoms with Crippen molar-refractivity contribution in [2.75, 3.05) is 51.4 Å². The number of rotatable bonds is 5. The van der Waals surface area contributed by atoms with Gasteiger partial charge in [-0.15, -0.1) is 0 Å². The number of halogens is 2. The molecule has 7 rings (SSSR count). The molecule has 1 N–H and O–H groups in total. The zero-order valence-electron chi connectivity index (χ0n) is 23.8. The van der Waals surface area contributed by atoms with Crippen molar-refractivity contribution < 1.29 is 19.0 Å². The molecule has 3 aliphatic rings. The smallest absolute Gasteiger partial charge is 0.319 e. The zero-order chi connectivity index (χ0) is 28.8. The topological polar surface area (TPSA) is 83.8 Å². The molecule has 0 spiro atoms. The van der Waals surface area contributed by atoms with Gasteiger partial charge in [0.05, 0.1) is 18.6 Å². The van der Waals surface area contributed by atoms with Gasteiger partial charge in [-0.3, -0.25) is 4.98 Å². The van der Waals surface area contributed by atoms with Crippen LogP contribution in [0, 0.1) is 11.2 Å². The number of pyridine rings is 1. The number of benzene rings is 2. The summed E-state index contributed by atoms with van der Waals surface area (Å²) in [6, 6.07) is 9.12. The van der Waals surface area contributed by atoms with Crippen LogP contribution in [0.2, 0.25) is 5.02 Å². The quantitative estimate of drug-likeness (QED) is 0.293. The van der Waals surface area contributed by atoms with E-state index in [2.05, 4.69) is 26.8 Å². The van der Waals surface area contributed by atoms with E-state index in [1.54, 1.807) is 24.4 Å². The van der Waals surface area contributed by atoms with E-state index in [1.807, 2.05) is 6.07 Å². The number of ether oxygens (including phenoxy) is 2. The number of anilines is 1. The molecule has 4 heterocycles. The van der Waals surface area contributed by atoms with Gasteiger partial charge in [0.1, 0.15) is 22.8 Å². The first kappa shape index (κ1) is 27.6. The molecule has 3 fully saturated rings. The summed E-state index contributed by atoms with van der Waals surface area (Å²) in [6.07, 6.45) is 8.16. The van der Waals surface area contributed by atoms with Crippen LogP contribution < -0.4 is 9.64 Å². The first-order chi connectivity index (χ1) is 20.4. The summed E-state index contributed by atoms with van der Waals surface area (Å²) in [5, 5.41) is 12.7. The monoisotopic (exact) mass is 591 g/mol. The Morgan fingerprint density at radius 2 is 2.00 bits per heavy atom. The Morgan fingerprint density at radius 3 is 2.90 bits per heavy atom. The lowest BCUT2D eigenvalue weighted by atomic mass is 9.76. The molecule has 8 nitrogen and oxygen atoms in total. The predicted molar refractivity (Wildman–Crippen MR) is 162 cm³/mol. The molecule has 220 valence electrons. The van der Waals surface area contributed by atoms with E-state index >= 15 is 4.39 Å². The summed E-state index contributed by atoms with van der Waals surface area (Å²) in [6.45, 7) is 4.18. The standard InChI is InChI=1S/C32H35ClFN5O3/c1-38-11-4-10-32(9-3-8-25(32)38)19-42-31-36-29-23(30(37-31)39-12-5-14-41-15-13-39)18-35-28(27(29)34)22-17-21(40)16-20-6-2-7-24(33)26(20)22/h2,6-7,16-18,25,40H,3-5,8-15,19H2,1H3/t25-,32?/m1/s1. The molecule has 2 aromatic carbocycles. The third-order valence-electron chi connectivity index (χ3n) is 9.40. The number of hydrogen-bond acceptors (Lipinski definition) is 8. The fourth-order valence-corrected chi connectivity index (χ4v) is 7.69. The summed E-state index contributed by atoms with van der Waals surface area (Å²) in [5.41, 5.74) is 0.657. The van der Waals surface area contributed by atoms with Gasteiger partial charge >= 0.3 is 6.01 Å². The van der Waals surface area contributed by atoms with E-state index in [1.165, 1.54) is 18.9 Å². The summed E-state index contributed by atoms with van der Waals surface area (Å²) < 4.78 is 28.7. The molecular formula is C32H35ClFN5O3. The van der Waals surface area contributed by atoms with E-state index in [9.17, 15) is 5.11 Å². The van der Waals surface area contributed by atoms with Gasteiger partial charge < -0.3 is 24.4 Å². The summed E-state index contributed by atoms with van der Waals surface area (Å²) in [5.74, 6) is -0.00691. The highest BCUT2D eigenvalue weighted by atomic mass is 35.5. The number of aromatic hydroxyl groups is 1. The van der Waals surface area contributed by atoms with Crippen LogP contribution in [0.3, 0.4) is 0 Å². The fraction of sp³-hybridized carbons (Fsp3) is 0.469. The Balaban J connectivity index is 1.35. The van der Waals surface area contributed by atoms with E-state index < -0.39 is 5.82 Å².